The van der Waals surface area contributed by atoms with E-state index < -0.39 is 0 Å². The van der Waals surface area contributed by atoms with Crippen LogP contribution in [0.4, 0.5) is 0 Å². The normalized spacial score (nSPS) is 15.2. The molecule has 0 bridgehead atoms. The van der Waals surface area contributed by atoms with Gasteiger partial charge in [-0.15, -0.1) is 0 Å². The highest BCUT2D eigenvalue weighted by molar-refractivity contribution is 5.82. The first kappa shape index (κ1) is 17.5. The van der Waals surface area contributed by atoms with Gasteiger partial charge >= 0.3 is 0 Å². The Morgan fingerprint density at radius 2 is 1.76 bits per heavy atom. The lowest BCUT2D eigenvalue weighted by atomic mass is 10.1. The van der Waals surface area contributed by atoms with Crippen LogP contribution in [0.15, 0.2) is 22.6 Å². The highest BCUT2D eigenvalue weighted by Gasteiger charge is 2.24. The van der Waals surface area contributed by atoms with E-state index in [-0.39, 0.29) is 11.8 Å². The number of carbonyl (C=O) groups is 2. The van der Waals surface area contributed by atoms with Crippen molar-refractivity contribution >= 4 is 22.9 Å². The fraction of sp³-hybridized carbons (Fsp3) is 0.526. The van der Waals surface area contributed by atoms with E-state index in [1.807, 2.05) is 48.8 Å². The molecule has 1 aliphatic heterocycles. The third-order valence-corrected chi connectivity index (χ3v) is 4.48. The monoisotopic (exact) mass is 343 g/mol. The van der Waals surface area contributed by atoms with Gasteiger partial charge in [0.25, 0.3) is 0 Å². The van der Waals surface area contributed by atoms with Crippen molar-refractivity contribution in [3.05, 3.63) is 29.7 Å². The molecule has 0 saturated carbocycles. The molecule has 6 heteroatoms. The standard InChI is InChI=1S/C19H25N3O3/c1-13(2)10-18(23)21-6-8-22(9-7-21)19(24)12-15-4-5-17-16(11-15)20-14(3)25-17/h4-5,11,13H,6-10,12H2,1-3H3. The molecule has 0 atom stereocenters. The van der Waals surface area contributed by atoms with Gasteiger partial charge in [-0.25, -0.2) is 4.98 Å². The molecule has 2 heterocycles. The Morgan fingerprint density at radius 3 is 2.40 bits per heavy atom. The van der Waals surface area contributed by atoms with Gasteiger partial charge < -0.3 is 14.2 Å². The predicted octanol–water partition coefficient (Wildman–Crippen LogP) is 2.40. The minimum Gasteiger partial charge on any atom is -0.441 e. The molecular formula is C19H25N3O3. The molecule has 6 nitrogen and oxygen atoms in total. The molecule has 1 aliphatic rings. The average molecular weight is 343 g/mol. The average Bonchev–Trinajstić information content (AvgIpc) is 2.93. The summed E-state index contributed by atoms with van der Waals surface area (Å²) in [6.07, 6.45) is 0.923. The number of piperazine rings is 1. The van der Waals surface area contributed by atoms with Gasteiger partial charge in [-0.2, -0.15) is 0 Å². The number of hydrogen-bond donors (Lipinski definition) is 0. The first-order valence-corrected chi connectivity index (χ1v) is 8.84. The molecule has 1 aromatic carbocycles. The molecule has 0 spiro atoms. The van der Waals surface area contributed by atoms with Crippen LogP contribution in [0.3, 0.4) is 0 Å². The van der Waals surface area contributed by atoms with Crippen molar-refractivity contribution in [2.45, 2.75) is 33.6 Å². The molecule has 2 aromatic rings. The van der Waals surface area contributed by atoms with E-state index in [1.54, 1.807) is 0 Å². The second-order valence-corrected chi connectivity index (χ2v) is 7.07. The van der Waals surface area contributed by atoms with Gasteiger partial charge in [0, 0.05) is 39.5 Å². The third kappa shape index (κ3) is 4.18. The second-order valence-electron chi connectivity index (χ2n) is 7.07. The number of oxazole rings is 1. The largest absolute Gasteiger partial charge is 0.441 e. The van der Waals surface area contributed by atoms with E-state index in [0.717, 1.165) is 16.7 Å². The van der Waals surface area contributed by atoms with Gasteiger partial charge in [0.15, 0.2) is 11.5 Å². The van der Waals surface area contributed by atoms with Crippen molar-refractivity contribution in [1.29, 1.82) is 0 Å². The smallest absolute Gasteiger partial charge is 0.227 e. The highest BCUT2D eigenvalue weighted by atomic mass is 16.3. The molecule has 0 N–H and O–H groups in total. The molecule has 0 radical (unpaired) electrons. The van der Waals surface area contributed by atoms with E-state index in [1.165, 1.54) is 0 Å². The number of hydrogen-bond acceptors (Lipinski definition) is 4. The lowest BCUT2D eigenvalue weighted by Gasteiger charge is -2.35. The minimum atomic E-state index is 0.0931. The molecule has 25 heavy (non-hydrogen) atoms. The molecule has 2 amide bonds. The first-order valence-electron chi connectivity index (χ1n) is 8.84. The topological polar surface area (TPSA) is 66.7 Å². The van der Waals surface area contributed by atoms with Gasteiger partial charge in [-0.3, -0.25) is 9.59 Å². The number of amides is 2. The lowest BCUT2D eigenvalue weighted by molar-refractivity contribution is -0.139. The lowest BCUT2D eigenvalue weighted by Crippen LogP contribution is -2.51. The number of rotatable bonds is 4. The van der Waals surface area contributed by atoms with Crippen LogP contribution in [-0.4, -0.2) is 52.8 Å². The van der Waals surface area contributed by atoms with Crippen LogP contribution in [-0.2, 0) is 16.0 Å². The van der Waals surface area contributed by atoms with E-state index in [0.29, 0.717) is 50.8 Å². The van der Waals surface area contributed by atoms with E-state index in [9.17, 15) is 9.59 Å². The summed E-state index contributed by atoms with van der Waals surface area (Å²) in [7, 11) is 0. The van der Waals surface area contributed by atoms with Crippen LogP contribution < -0.4 is 0 Å². The van der Waals surface area contributed by atoms with Crippen molar-refractivity contribution in [2.24, 2.45) is 5.92 Å². The molecule has 1 aromatic heterocycles. The molecule has 0 unspecified atom stereocenters. The van der Waals surface area contributed by atoms with Gasteiger partial charge in [-0.1, -0.05) is 19.9 Å². The van der Waals surface area contributed by atoms with E-state index in [4.69, 9.17) is 4.42 Å². The van der Waals surface area contributed by atoms with Gasteiger partial charge in [0.05, 0.1) is 6.42 Å². The van der Waals surface area contributed by atoms with Crippen LogP contribution in [0.1, 0.15) is 31.7 Å². The summed E-state index contributed by atoms with van der Waals surface area (Å²) in [6.45, 7) is 8.36. The van der Waals surface area contributed by atoms with Crippen molar-refractivity contribution in [1.82, 2.24) is 14.8 Å². The van der Waals surface area contributed by atoms with Gasteiger partial charge in [0.2, 0.25) is 11.8 Å². The van der Waals surface area contributed by atoms with Crippen molar-refractivity contribution in [2.75, 3.05) is 26.2 Å². The third-order valence-electron chi connectivity index (χ3n) is 4.48. The predicted molar refractivity (Wildman–Crippen MR) is 95.1 cm³/mol. The van der Waals surface area contributed by atoms with E-state index in [2.05, 4.69) is 4.98 Å². The van der Waals surface area contributed by atoms with Crippen LogP contribution in [0.5, 0.6) is 0 Å². The SMILES string of the molecule is Cc1nc2cc(CC(=O)N3CCN(C(=O)CC(C)C)CC3)ccc2o1. The first-order chi connectivity index (χ1) is 11.9. The number of aromatic nitrogens is 1. The van der Waals surface area contributed by atoms with E-state index >= 15 is 0 Å². The zero-order chi connectivity index (χ0) is 18.0. The Morgan fingerprint density at radius 1 is 1.12 bits per heavy atom. The summed E-state index contributed by atoms with van der Waals surface area (Å²) in [5.41, 5.74) is 2.46. The Balaban J connectivity index is 1.56. The summed E-state index contributed by atoms with van der Waals surface area (Å²) in [4.78, 5) is 32.7. The minimum absolute atomic E-state index is 0.0931. The van der Waals surface area contributed by atoms with Gasteiger partial charge in [-0.05, 0) is 23.6 Å². The molecular weight excluding hydrogens is 318 g/mol. The number of benzene rings is 1. The maximum atomic E-state index is 12.5. The molecule has 1 fully saturated rings. The van der Waals surface area contributed by atoms with Gasteiger partial charge in [0.1, 0.15) is 5.52 Å². The van der Waals surface area contributed by atoms with Crippen molar-refractivity contribution in [3.63, 3.8) is 0 Å². The summed E-state index contributed by atoms with van der Waals surface area (Å²) < 4.78 is 5.46. The number of nitrogens with zero attached hydrogens (tertiary/aromatic N) is 3. The molecule has 1 saturated heterocycles. The summed E-state index contributed by atoms with van der Waals surface area (Å²) in [6, 6.07) is 5.68. The Labute approximate surface area is 147 Å². The summed E-state index contributed by atoms with van der Waals surface area (Å²) >= 11 is 0. The van der Waals surface area contributed by atoms with Crippen molar-refractivity contribution < 1.29 is 14.0 Å². The fourth-order valence-corrected chi connectivity index (χ4v) is 3.17. The zero-order valence-electron chi connectivity index (χ0n) is 15.1. The second kappa shape index (κ2) is 7.25. The molecule has 0 aliphatic carbocycles. The fourth-order valence-electron chi connectivity index (χ4n) is 3.17. The number of aryl methyl sites for hydroxylation is 1. The van der Waals surface area contributed by atoms with Crippen LogP contribution in [0.2, 0.25) is 0 Å². The Kier molecular flexibility index (Phi) is 5.06. The highest BCUT2D eigenvalue weighted by Crippen LogP contribution is 2.18. The van der Waals surface area contributed by atoms with Crippen LogP contribution >= 0.6 is 0 Å². The maximum Gasteiger partial charge on any atom is 0.227 e. The summed E-state index contributed by atoms with van der Waals surface area (Å²) in [5.74, 6) is 1.27. The van der Waals surface area contributed by atoms with Crippen LogP contribution in [0, 0.1) is 12.8 Å². The maximum absolute atomic E-state index is 12.5. The zero-order valence-corrected chi connectivity index (χ0v) is 15.1. The number of carbonyl (C=O) groups excluding carboxylic acids is 2. The van der Waals surface area contributed by atoms with Crippen LogP contribution in [0.25, 0.3) is 11.1 Å². The quantitative estimate of drug-likeness (QED) is 0.855. The van der Waals surface area contributed by atoms with Crippen molar-refractivity contribution in [3.8, 4) is 0 Å². The molecule has 3 rings (SSSR count). The Bertz CT molecular complexity index is 773. The summed E-state index contributed by atoms with van der Waals surface area (Å²) in [5, 5.41) is 0. The number of fused-ring (bicyclic) bond motifs is 1. The molecule has 134 valence electrons. The Hall–Kier alpha value is -2.37.